The van der Waals surface area contributed by atoms with Crippen LogP contribution in [0.5, 0.6) is 0 Å². The zero-order valence-electron chi connectivity index (χ0n) is 1.84. The first-order chi connectivity index (χ1) is 1.91. The largest absolute Gasteiger partial charge is 0 e. The van der Waals surface area contributed by atoms with Crippen LogP contribution in [-0.4, -0.2) is 12.6 Å². The summed E-state index contributed by atoms with van der Waals surface area (Å²) in [6.07, 6.45) is 0. The minimum absolute atomic E-state index is 0. The van der Waals surface area contributed by atoms with Crippen molar-refractivity contribution in [2.75, 3.05) is 0 Å². The molecule has 0 bridgehead atoms. The molecule has 40 valence electrons. The first-order valence-electron chi connectivity index (χ1n) is 0.654. The second-order valence-corrected chi connectivity index (χ2v) is 0.202. The molecule has 0 atom stereocenters. The van der Waals surface area contributed by atoms with E-state index < -0.39 is 0 Å². The van der Waals surface area contributed by atoms with Crippen molar-refractivity contribution in [3.05, 3.63) is 0 Å². The zero-order valence-corrected chi connectivity index (χ0v) is 1.84. The van der Waals surface area contributed by atoms with Gasteiger partial charge in [-0.05, 0) is 0 Å². The van der Waals surface area contributed by atoms with Crippen LogP contribution in [0, 0.1) is 0 Å². The molecule has 0 aliphatic carbocycles. The standard InChI is InChI=1S/2CH4.BHO3.H2/c;;2-1-4-3;/h2*1H4;3H;1H. The fourth-order valence-corrected chi connectivity index (χ4v) is 0. The summed E-state index contributed by atoms with van der Waals surface area (Å²) in [7, 11) is -0.0694. The molecule has 0 aliphatic heterocycles. The molecule has 0 aromatic carbocycles. The van der Waals surface area contributed by atoms with Gasteiger partial charge in [0, 0.05) is 1.43 Å². The molecule has 0 unspecified atom stereocenters. The molecular formula is C2H11BO3. The van der Waals surface area contributed by atoms with E-state index in [1.165, 1.54) is 0 Å². The average Bonchev–Trinajstić information content (AvgIpc) is 1.37. The summed E-state index contributed by atoms with van der Waals surface area (Å²) in [5.41, 5.74) is 0. The van der Waals surface area contributed by atoms with Crippen molar-refractivity contribution in [1.29, 1.82) is 0 Å². The summed E-state index contributed by atoms with van der Waals surface area (Å²) < 4.78 is 8.70. The first-order valence-corrected chi connectivity index (χ1v) is 0.654. The van der Waals surface area contributed by atoms with E-state index in [4.69, 9.17) is 9.96 Å². The summed E-state index contributed by atoms with van der Waals surface area (Å²) in [5, 5.41) is 7.01. The minimum Gasteiger partial charge on any atom is 0 e. The van der Waals surface area contributed by atoms with Gasteiger partial charge in [-0.1, -0.05) is 14.9 Å². The Bertz CT molecular complexity index is 26.9. The van der Waals surface area contributed by atoms with Gasteiger partial charge in [0.1, 0.15) is 0 Å². The summed E-state index contributed by atoms with van der Waals surface area (Å²) >= 11 is 0. The average molecular weight is 93.9 g/mol. The molecular weight excluding hydrogens is 82.8 g/mol. The van der Waals surface area contributed by atoms with Crippen LogP contribution in [-0.2, 0) is 9.51 Å². The van der Waals surface area contributed by atoms with Crippen molar-refractivity contribution in [3.8, 4) is 0 Å². The molecule has 0 saturated heterocycles. The molecule has 4 heteroatoms. The third-order valence-electron chi connectivity index (χ3n) is 0.0430. The van der Waals surface area contributed by atoms with E-state index in [1.54, 1.807) is 0 Å². The molecule has 0 fully saturated rings. The van der Waals surface area contributed by atoms with Gasteiger partial charge in [-0.25, -0.2) is 0 Å². The van der Waals surface area contributed by atoms with Gasteiger partial charge in [-0.3, -0.25) is 0 Å². The van der Waals surface area contributed by atoms with E-state index in [1.807, 2.05) is 0 Å². The Morgan fingerprint density at radius 2 is 1.83 bits per heavy atom. The predicted octanol–water partition coefficient (Wildman–Crippen LogP) is 0.959. The van der Waals surface area contributed by atoms with Crippen molar-refractivity contribution in [1.82, 2.24) is 0 Å². The van der Waals surface area contributed by atoms with Crippen LogP contribution in [0.15, 0.2) is 0 Å². The fourth-order valence-electron chi connectivity index (χ4n) is 0. The van der Waals surface area contributed by atoms with E-state index in [0.29, 0.717) is 0 Å². The summed E-state index contributed by atoms with van der Waals surface area (Å²) in [6, 6.07) is 0. The molecule has 3 nitrogen and oxygen atoms in total. The van der Waals surface area contributed by atoms with Crippen LogP contribution in [0.25, 0.3) is 0 Å². The Morgan fingerprint density at radius 1 is 1.67 bits per heavy atom. The molecule has 0 amide bonds. The van der Waals surface area contributed by atoms with Crippen LogP contribution in [0.2, 0.25) is 0 Å². The molecule has 0 heterocycles. The molecule has 0 rings (SSSR count). The number of hydrogen-bond donors (Lipinski definition) is 1. The van der Waals surface area contributed by atoms with Gasteiger partial charge >= 0.3 is 22.1 Å². The fraction of sp³-hybridized carbons (Fsp3) is 1.00. The van der Waals surface area contributed by atoms with Gasteiger partial charge in [0.15, 0.2) is 0 Å². The molecule has 0 aromatic rings. The van der Waals surface area contributed by atoms with Gasteiger partial charge < -0.3 is 0 Å². The molecule has 0 spiro atoms. The molecule has 0 aromatic heterocycles. The molecule has 0 radical (unpaired) electrons. The van der Waals surface area contributed by atoms with Crippen molar-refractivity contribution in [2.24, 2.45) is 0 Å². The van der Waals surface area contributed by atoms with Crippen LogP contribution in [0.3, 0.4) is 0 Å². The van der Waals surface area contributed by atoms with Crippen LogP contribution in [0.1, 0.15) is 16.3 Å². The van der Waals surface area contributed by atoms with Crippen LogP contribution >= 0.6 is 0 Å². The maximum Gasteiger partial charge on any atom is 0 e. The molecule has 1 N–H and O–H groups in total. The van der Waals surface area contributed by atoms with Gasteiger partial charge in [0.2, 0.25) is 0 Å². The molecule has 0 aliphatic rings. The second-order valence-electron chi connectivity index (χ2n) is 0.202. The van der Waals surface area contributed by atoms with Crippen molar-refractivity contribution >= 4 is 7.35 Å². The Kier molecular flexibility index (Phi) is 67.0. The first kappa shape index (κ1) is 17.5. The van der Waals surface area contributed by atoms with E-state index in [9.17, 15) is 0 Å². The van der Waals surface area contributed by atoms with Gasteiger partial charge in [-0.15, -0.1) is 0 Å². The molecule has 0 saturated carbocycles. The second kappa shape index (κ2) is 23.0. The van der Waals surface area contributed by atoms with E-state index in [0.717, 1.165) is 0 Å². The smallest absolute Gasteiger partial charge is 0 e. The zero-order chi connectivity index (χ0) is 3.41. The SMILES string of the molecule is C.C.O=BOO.[HH]. The maximum absolute atomic E-state index is 8.70. The Hall–Kier alpha value is -0.375. The number of rotatable bonds is 1. The van der Waals surface area contributed by atoms with Gasteiger partial charge in [0.25, 0.3) is 0 Å². The maximum atomic E-state index is 8.70. The van der Waals surface area contributed by atoms with Crippen molar-refractivity contribution in [2.45, 2.75) is 14.9 Å². The number of hydrogen-bond acceptors (Lipinski definition) is 3. The molecule has 6 heavy (non-hydrogen) atoms. The Morgan fingerprint density at radius 3 is 1.83 bits per heavy atom. The summed E-state index contributed by atoms with van der Waals surface area (Å²) in [5.74, 6) is 0. The van der Waals surface area contributed by atoms with Crippen molar-refractivity contribution < 1.29 is 16.2 Å². The Balaban J connectivity index is -0.0000000150. The van der Waals surface area contributed by atoms with Crippen LogP contribution < -0.4 is 0 Å². The third kappa shape index (κ3) is 64.0. The van der Waals surface area contributed by atoms with E-state index in [2.05, 4.69) is 4.81 Å². The van der Waals surface area contributed by atoms with E-state index in [-0.39, 0.29) is 23.6 Å². The normalized spacial score (nSPS) is 2.83. The van der Waals surface area contributed by atoms with Crippen molar-refractivity contribution in [3.63, 3.8) is 0 Å². The quantitative estimate of drug-likeness (QED) is 0.299. The Labute approximate surface area is 39.6 Å². The monoisotopic (exact) mass is 94.1 g/mol. The van der Waals surface area contributed by atoms with Gasteiger partial charge in [0.05, 0.1) is 0 Å². The topological polar surface area (TPSA) is 46.5 Å². The minimum atomic E-state index is -0.0694. The third-order valence-corrected chi connectivity index (χ3v) is 0.0430. The predicted molar refractivity (Wildman–Crippen MR) is 25.7 cm³/mol. The summed E-state index contributed by atoms with van der Waals surface area (Å²) in [4.78, 5) is 2.86. The van der Waals surface area contributed by atoms with Gasteiger partial charge in [-0.2, -0.15) is 0 Å². The van der Waals surface area contributed by atoms with E-state index >= 15 is 0 Å². The van der Waals surface area contributed by atoms with Crippen LogP contribution in [0.4, 0.5) is 0 Å². The summed E-state index contributed by atoms with van der Waals surface area (Å²) in [6.45, 7) is 0.